The van der Waals surface area contributed by atoms with E-state index in [9.17, 15) is 9.59 Å². The lowest BCUT2D eigenvalue weighted by Crippen LogP contribution is -2.40. The third-order valence-corrected chi connectivity index (χ3v) is 4.34. The summed E-state index contributed by atoms with van der Waals surface area (Å²) in [5.74, 6) is 1.13. The van der Waals surface area contributed by atoms with Crippen LogP contribution in [-0.2, 0) is 0 Å². The molecule has 0 spiro atoms. The van der Waals surface area contributed by atoms with Crippen LogP contribution in [0, 0.1) is 6.92 Å². The molecule has 0 aromatic heterocycles. The minimum absolute atomic E-state index is 0.167. The summed E-state index contributed by atoms with van der Waals surface area (Å²) in [5.41, 5.74) is 1.54. The molecule has 1 fully saturated rings. The van der Waals surface area contributed by atoms with Crippen molar-refractivity contribution in [3.05, 3.63) is 29.3 Å². The van der Waals surface area contributed by atoms with Gasteiger partial charge in [0, 0.05) is 11.7 Å². The van der Waals surface area contributed by atoms with Gasteiger partial charge in [0.1, 0.15) is 0 Å². The first-order valence-electron chi connectivity index (χ1n) is 6.55. The zero-order valence-electron chi connectivity index (χ0n) is 11.3. The summed E-state index contributed by atoms with van der Waals surface area (Å²) < 4.78 is 0. The van der Waals surface area contributed by atoms with Crippen molar-refractivity contribution in [1.29, 1.82) is 0 Å². The van der Waals surface area contributed by atoms with Crippen molar-refractivity contribution in [1.82, 2.24) is 5.32 Å². The summed E-state index contributed by atoms with van der Waals surface area (Å²) in [6.45, 7) is 1.83. The molecule has 108 valence electrons. The molecule has 1 saturated heterocycles. The number of rotatable bonds is 3. The molecule has 6 heteroatoms. The molecule has 1 aromatic carbocycles. The van der Waals surface area contributed by atoms with Crippen LogP contribution < -0.4 is 10.6 Å². The second kappa shape index (κ2) is 6.65. The molecule has 3 N–H and O–H groups in total. The average molecular weight is 294 g/mol. The summed E-state index contributed by atoms with van der Waals surface area (Å²) in [4.78, 5) is 22.9. The highest BCUT2D eigenvalue weighted by atomic mass is 32.2. The van der Waals surface area contributed by atoms with Gasteiger partial charge in [-0.2, -0.15) is 11.8 Å². The van der Waals surface area contributed by atoms with Crippen LogP contribution in [0.2, 0.25) is 0 Å². The summed E-state index contributed by atoms with van der Waals surface area (Å²) in [7, 11) is 0. The minimum Gasteiger partial charge on any atom is -0.478 e. The van der Waals surface area contributed by atoms with Crippen molar-refractivity contribution < 1.29 is 14.7 Å². The molecule has 0 aliphatic carbocycles. The number of nitrogens with one attached hydrogen (secondary N) is 2. The maximum absolute atomic E-state index is 11.9. The Kier molecular flexibility index (Phi) is 4.89. The molecule has 20 heavy (non-hydrogen) atoms. The van der Waals surface area contributed by atoms with Gasteiger partial charge in [-0.1, -0.05) is 6.07 Å². The van der Waals surface area contributed by atoms with Gasteiger partial charge in [0.05, 0.1) is 5.56 Å². The van der Waals surface area contributed by atoms with E-state index in [0.29, 0.717) is 5.69 Å². The molecular formula is C14H18N2O3S. The molecule has 0 atom stereocenters. The number of anilines is 1. The number of carbonyl (C=O) groups is 2. The zero-order valence-corrected chi connectivity index (χ0v) is 12.1. The maximum Gasteiger partial charge on any atom is 0.335 e. The van der Waals surface area contributed by atoms with Crippen LogP contribution in [0.1, 0.15) is 28.8 Å². The molecular weight excluding hydrogens is 276 g/mol. The fraction of sp³-hybridized carbons (Fsp3) is 0.429. The Balaban J connectivity index is 1.99. The van der Waals surface area contributed by atoms with Gasteiger partial charge in [0.15, 0.2) is 0 Å². The number of amides is 2. The molecule has 0 bridgehead atoms. The quantitative estimate of drug-likeness (QED) is 0.801. The smallest absolute Gasteiger partial charge is 0.335 e. The topological polar surface area (TPSA) is 78.4 Å². The van der Waals surface area contributed by atoms with Crippen molar-refractivity contribution in [2.45, 2.75) is 25.8 Å². The molecule has 0 saturated carbocycles. The van der Waals surface area contributed by atoms with Gasteiger partial charge >= 0.3 is 12.0 Å². The second-order valence-corrected chi connectivity index (χ2v) is 6.04. The summed E-state index contributed by atoms with van der Waals surface area (Å²) in [6.07, 6.45) is 1.96. The van der Waals surface area contributed by atoms with E-state index >= 15 is 0 Å². The van der Waals surface area contributed by atoms with Gasteiger partial charge in [-0.15, -0.1) is 0 Å². The predicted molar refractivity (Wildman–Crippen MR) is 80.6 cm³/mol. The van der Waals surface area contributed by atoms with Crippen molar-refractivity contribution in [2.24, 2.45) is 0 Å². The van der Waals surface area contributed by atoms with E-state index in [1.807, 2.05) is 18.7 Å². The highest BCUT2D eigenvalue weighted by molar-refractivity contribution is 7.99. The van der Waals surface area contributed by atoms with E-state index < -0.39 is 5.97 Å². The monoisotopic (exact) mass is 294 g/mol. The molecule has 1 aliphatic rings. The number of thioether (sulfide) groups is 1. The Labute approximate surface area is 122 Å². The maximum atomic E-state index is 11.9. The van der Waals surface area contributed by atoms with Crippen molar-refractivity contribution in [2.75, 3.05) is 16.8 Å². The van der Waals surface area contributed by atoms with E-state index in [2.05, 4.69) is 10.6 Å². The summed E-state index contributed by atoms with van der Waals surface area (Å²) in [5, 5.41) is 14.6. The number of carboxylic acids is 1. The molecule has 0 radical (unpaired) electrons. The standard InChI is InChI=1S/C14H18N2O3S/c1-9-2-3-10(13(17)18)8-12(9)16-14(19)15-11-4-6-20-7-5-11/h2-3,8,11H,4-7H2,1H3,(H,17,18)(H2,15,16,19). The SMILES string of the molecule is Cc1ccc(C(=O)O)cc1NC(=O)NC1CCSCC1. The predicted octanol–water partition coefficient (Wildman–Crippen LogP) is 2.71. The third-order valence-electron chi connectivity index (χ3n) is 3.29. The Hall–Kier alpha value is -1.69. The highest BCUT2D eigenvalue weighted by Gasteiger charge is 2.16. The van der Waals surface area contributed by atoms with Gasteiger partial charge in [-0.25, -0.2) is 9.59 Å². The van der Waals surface area contributed by atoms with Crippen molar-refractivity contribution >= 4 is 29.4 Å². The third kappa shape index (κ3) is 3.90. The fourth-order valence-electron chi connectivity index (χ4n) is 2.08. The van der Waals surface area contributed by atoms with Crippen LogP contribution in [0.4, 0.5) is 10.5 Å². The Morgan fingerprint density at radius 1 is 1.30 bits per heavy atom. The largest absolute Gasteiger partial charge is 0.478 e. The Bertz CT molecular complexity index is 513. The minimum atomic E-state index is -1.00. The first kappa shape index (κ1) is 14.7. The van der Waals surface area contributed by atoms with Crippen LogP contribution >= 0.6 is 11.8 Å². The van der Waals surface area contributed by atoms with Gasteiger partial charge in [-0.05, 0) is 49.0 Å². The number of carbonyl (C=O) groups excluding carboxylic acids is 1. The molecule has 2 rings (SSSR count). The van der Waals surface area contributed by atoms with E-state index in [0.717, 1.165) is 29.9 Å². The highest BCUT2D eigenvalue weighted by Crippen LogP contribution is 2.19. The number of hydrogen-bond donors (Lipinski definition) is 3. The molecule has 1 aliphatic heterocycles. The summed E-state index contributed by atoms with van der Waals surface area (Å²) >= 11 is 1.90. The first-order chi connectivity index (χ1) is 9.56. The lowest BCUT2D eigenvalue weighted by Gasteiger charge is -2.23. The number of aromatic carboxylic acids is 1. The van der Waals surface area contributed by atoms with E-state index in [4.69, 9.17) is 5.11 Å². The van der Waals surface area contributed by atoms with E-state index in [-0.39, 0.29) is 17.6 Å². The molecule has 5 nitrogen and oxygen atoms in total. The van der Waals surface area contributed by atoms with Crippen LogP contribution in [0.5, 0.6) is 0 Å². The zero-order chi connectivity index (χ0) is 14.5. The van der Waals surface area contributed by atoms with Crippen LogP contribution in [0.25, 0.3) is 0 Å². The van der Waals surface area contributed by atoms with Gasteiger partial charge < -0.3 is 15.7 Å². The fourth-order valence-corrected chi connectivity index (χ4v) is 3.18. The second-order valence-electron chi connectivity index (χ2n) is 4.82. The number of aryl methyl sites for hydroxylation is 1. The van der Waals surface area contributed by atoms with Crippen LogP contribution in [0.15, 0.2) is 18.2 Å². The van der Waals surface area contributed by atoms with Gasteiger partial charge in [0.25, 0.3) is 0 Å². The summed E-state index contributed by atoms with van der Waals surface area (Å²) in [6, 6.07) is 4.63. The molecule has 0 unspecified atom stereocenters. The lowest BCUT2D eigenvalue weighted by atomic mass is 10.1. The Morgan fingerprint density at radius 3 is 2.65 bits per heavy atom. The molecule has 2 amide bonds. The van der Waals surface area contributed by atoms with Crippen LogP contribution in [0.3, 0.4) is 0 Å². The van der Waals surface area contributed by atoms with E-state index in [1.54, 1.807) is 6.07 Å². The van der Waals surface area contributed by atoms with Crippen LogP contribution in [-0.4, -0.2) is 34.7 Å². The van der Waals surface area contributed by atoms with Gasteiger partial charge in [0.2, 0.25) is 0 Å². The number of benzene rings is 1. The molecule has 1 aromatic rings. The number of urea groups is 1. The first-order valence-corrected chi connectivity index (χ1v) is 7.71. The van der Waals surface area contributed by atoms with Gasteiger partial charge in [-0.3, -0.25) is 0 Å². The molecule has 1 heterocycles. The normalized spacial score (nSPS) is 15.7. The van der Waals surface area contributed by atoms with E-state index in [1.165, 1.54) is 12.1 Å². The van der Waals surface area contributed by atoms with Crippen molar-refractivity contribution in [3.8, 4) is 0 Å². The number of hydrogen-bond acceptors (Lipinski definition) is 3. The Morgan fingerprint density at radius 2 is 2.00 bits per heavy atom. The lowest BCUT2D eigenvalue weighted by molar-refractivity contribution is 0.0697. The van der Waals surface area contributed by atoms with Crippen molar-refractivity contribution in [3.63, 3.8) is 0 Å². The average Bonchev–Trinajstić information content (AvgIpc) is 2.42. The number of carboxylic acid groups (broad SMARTS) is 1.